The number of aliphatic carboxylic acids is 1. The first kappa shape index (κ1) is 13.2. The van der Waals surface area contributed by atoms with E-state index >= 15 is 0 Å². The molecule has 0 radical (unpaired) electrons. The van der Waals surface area contributed by atoms with Gasteiger partial charge in [0.05, 0.1) is 6.61 Å². The quantitative estimate of drug-likeness (QED) is 0.669. The molecule has 6 heteroatoms. The van der Waals surface area contributed by atoms with Crippen LogP contribution in [0.25, 0.3) is 0 Å². The zero-order valence-corrected chi connectivity index (χ0v) is 9.85. The number of carboxylic acid groups (broad SMARTS) is 1. The third-order valence-corrected chi connectivity index (χ3v) is 2.02. The normalized spacial score (nSPS) is 9.94. The lowest BCUT2D eigenvalue weighted by molar-refractivity contribution is -0.137. The van der Waals surface area contributed by atoms with E-state index in [1.54, 1.807) is 12.3 Å². The minimum absolute atomic E-state index is 0.196. The van der Waals surface area contributed by atoms with Gasteiger partial charge < -0.3 is 15.2 Å². The maximum atomic E-state index is 10.3. The van der Waals surface area contributed by atoms with Crippen LogP contribution in [0.2, 0.25) is 0 Å². The van der Waals surface area contributed by atoms with Crippen molar-refractivity contribution in [2.45, 2.75) is 26.2 Å². The molecular weight excluding hydrogens is 222 g/mol. The van der Waals surface area contributed by atoms with Crippen molar-refractivity contribution in [2.75, 3.05) is 18.5 Å². The number of hydrogen-bond donors (Lipinski definition) is 2. The average Bonchev–Trinajstić information content (AvgIpc) is 2.29. The largest absolute Gasteiger partial charge is 0.481 e. The number of carbonyl (C=O) groups is 1. The maximum absolute atomic E-state index is 10.3. The summed E-state index contributed by atoms with van der Waals surface area (Å²) in [5.74, 6) is 0.279. The molecule has 17 heavy (non-hydrogen) atoms. The molecule has 0 unspecified atom stereocenters. The van der Waals surface area contributed by atoms with E-state index in [2.05, 4.69) is 15.3 Å². The Morgan fingerprint density at radius 2 is 2.35 bits per heavy atom. The molecule has 2 N–H and O–H groups in total. The number of anilines is 1. The lowest BCUT2D eigenvalue weighted by Gasteiger charge is -2.06. The molecule has 1 heterocycles. The Morgan fingerprint density at radius 3 is 3.06 bits per heavy atom. The van der Waals surface area contributed by atoms with Gasteiger partial charge in [0.25, 0.3) is 0 Å². The topological polar surface area (TPSA) is 84.3 Å². The van der Waals surface area contributed by atoms with Gasteiger partial charge in [0.15, 0.2) is 0 Å². The lowest BCUT2D eigenvalue weighted by atomic mass is 10.2. The van der Waals surface area contributed by atoms with Crippen LogP contribution in [0, 0.1) is 0 Å². The number of rotatable bonds is 8. The molecule has 0 spiro atoms. The Bertz CT molecular complexity index is 358. The van der Waals surface area contributed by atoms with Crippen molar-refractivity contribution in [1.82, 2.24) is 9.97 Å². The second-order valence-electron chi connectivity index (χ2n) is 3.43. The third-order valence-electron chi connectivity index (χ3n) is 2.02. The molecule has 0 amide bonds. The number of nitrogens with zero attached hydrogens (tertiary/aromatic N) is 2. The van der Waals surface area contributed by atoms with Crippen LogP contribution in [0.3, 0.4) is 0 Å². The highest BCUT2D eigenvalue weighted by Gasteiger charge is 2.00. The molecule has 0 aliphatic carbocycles. The van der Waals surface area contributed by atoms with E-state index in [1.807, 2.05) is 6.92 Å². The highest BCUT2D eigenvalue weighted by atomic mass is 16.5. The summed E-state index contributed by atoms with van der Waals surface area (Å²) in [7, 11) is 0. The maximum Gasteiger partial charge on any atom is 0.303 e. The van der Waals surface area contributed by atoms with Gasteiger partial charge in [0, 0.05) is 25.2 Å². The fourth-order valence-corrected chi connectivity index (χ4v) is 1.26. The summed E-state index contributed by atoms with van der Waals surface area (Å²) >= 11 is 0. The fourth-order valence-electron chi connectivity index (χ4n) is 1.26. The van der Waals surface area contributed by atoms with Crippen molar-refractivity contribution in [3.8, 4) is 5.88 Å². The number of unbranched alkanes of at least 4 members (excludes halogenated alkanes) is 1. The smallest absolute Gasteiger partial charge is 0.303 e. The van der Waals surface area contributed by atoms with Gasteiger partial charge in [-0.3, -0.25) is 4.79 Å². The Balaban J connectivity index is 2.26. The summed E-state index contributed by atoms with van der Waals surface area (Å²) in [4.78, 5) is 18.5. The van der Waals surface area contributed by atoms with E-state index in [0.717, 1.165) is 6.42 Å². The molecule has 6 nitrogen and oxygen atoms in total. The number of nitrogens with one attached hydrogen (secondary N) is 1. The number of aromatic nitrogens is 2. The first-order valence-corrected chi connectivity index (χ1v) is 5.64. The van der Waals surface area contributed by atoms with Crippen LogP contribution in [0.1, 0.15) is 26.2 Å². The molecule has 0 saturated carbocycles. The Labute approximate surface area is 100 Å². The number of hydrogen-bond acceptors (Lipinski definition) is 5. The minimum Gasteiger partial charge on any atom is -0.481 e. The van der Waals surface area contributed by atoms with Crippen molar-refractivity contribution < 1.29 is 14.6 Å². The van der Waals surface area contributed by atoms with E-state index in [0.29, 0.717) is 31.4 Å². The minimum atomic E-state index is -0.764. The fraction of sp³-hybridized carbons (Fsp3) is 0.545. The van der Waals surface area contributed by atoms with E-state index in [1.165, 1.54) is 0 Å². The molecule has 0 bridgehead atoms. The lowest BCUT2D eigenvalue weighted by Crippen LogP contribution is -2.07. The van der Waals surface area contributed by atoms with Crippen LogP contribution >= 0.6 is 0 Å². The molecule has 0 saturated heterocycles. The number of ether oxygens (including phenoxy) is 1. The monoisotopic (exact) mass is 239 g/mol. The Hall–Kier alpha value is -1.85. The van der Waals surface area contributed by atoms with E-state index in [4.69, 9.17) is 9.84 Å². The Kier molecular flexibility index (Phi) is 5.77. The zero-order valence-electron chi connectivity index (χ0n) is 9.85. The van der Waals surface area contributed by atoms with Gasteiger partial charge in [0.1, 0.15) is 0 Å². The summed E-state index contributed by atoms with van der Waals surface area (Å²) < 4.78 is 5.24. The van der Waals surface area contributed by atoms with E-state index < -0.39 is 5.97 Å². The van der Waals surface area contributed by atoms with Crippen LogP contribution in [0.15, 0.2) is 12.3 Å². The van der Waals surface area contributed by atoms with Crippen LogP contribution < -0.4 is 10.1 Å². The van der Waals surface area contributed by atoms with Gasteiger partial charge in [-0.05, 0) is 19.8 Å². The predicted octanol–water partition coefficient (Wildman–Crippen LogP) is 1.54. The summed E-state index contributed by atoms with van der Waals surface area (Å²) in [6, 6.07) is 1.69. The molecular formula is C11H17N3O3. The summed E-state index contributed by atoms with van der Waals surface area (Å²) in [6.45, 7) is 3.11. The third kappa shape index (κ3) is 5.70. The highest BCUT2D eigenvalue weighted by Crippen LogP contribution is 2.08. The molecule has 0 aliphatic heterocycles. The summed E-state index contributed by atoms with van der Waals surface area (Å²) in [5, 5.41) is 11.5. The predicted molar refractivity (Wildman–Crippen MR) is 63.2 cm³/mol. The van der Waals surface area contributed by atoms with Crippen LogP contribution in [0.4, 0.5) is 5.95 Å². The highest BCUT2D eigenvalue weighted by molar-refractivity contribution is 5.66. The van der Waals surface area contributed by atoms with Crippen LogP contribution in [0.5, 0.6) is 5.88 Å². The van der Waals surface area contributed by atoms with Crippen LogP contribution in [-0.4, -0.2) is 34.2 Å². The molecule has 0 aromatic carbocycles. The molecule has 0 fully saturated rings. The van der Waals surface area contributed by atoms with Gasteiger partial charge in [-0.2, -0.15) is 4.98 Å². The second kappa shape index (κ2) is 7.43. The standard InChI is InChI=1S/C11H17N3O3/c1-2-17-9-6-8-13-11(14-9)12-7-4-3-5-10(15)16/h6,8H,2-5,7H2,1H3,(H,15,16)(H,12,13,14). The molecule has 0 atom stereocenters. The molecule has 1 rings (SSSR count). The second-order valence-corrected chi connectivity index (χ2v) is 3.43. The van der Waals surface area contributed by atoms with E-state index in [9.17, 15) is 4.79 Å². The van der Waals surface area contributed by atoms with Crippen molar-refractivity contribution >= 4 is 11.9 Å². The van der Waals surface area contributed by atoms with Gasteiger partial charge in [-0.25, -0.2) is 4.98 Å². The first-order chi connectivity index (χ1) is 8.22. The average molecular weight is 239 g/mol. The van der Waals surface area contributed by atoms with Gasteiger partial charge in [-0.1, -0.05) is 0 Å². The van der Waals surface area contributed by atoms with Crippen molar-refractivity contribution in [2.24, 2.45) is 0 Å². The van der Waals surface area contributed by atoms with Crippen molar-refractivity contribution in [3.63, 3.8) is 0 Å². The van der Waals surface area contributed by atoms with Crippen molar-refractivity contribution in [3.05, 3.63) is 12.3 Å². The molecule has 1 aromatic rings. The summed E-state index contributed by atoms with van der Waals surface area (Å²) in [6.07, 6.45) is 3.24. The molecule has 1 aromatic heterocycles. The summed E-state index contributed by atoms with van der Waals surface area (Å²) in [5.41, 5.74) is 0. The van der Waals surface area contributed by atoms with Crippen LogP contribution in [-0.2, 0) is 4.79 Å². The zero-order chi connectivity index (χ0) is 12.5. The molecule has 0 aliphatic rings. The van der Waals surface area contributed by atoms with Crippen molar-refractivity contribution in [1.29, 1.82) is 0 Å². The van der Waals surface area contributed by atoms with Gasteiger partial charge in [-0.15, -0.1) is 0 Å². The van der Waals surface area contributed by atoms with Gasteiger partial charge >= 0.3 is 5.97 Å². The SMILES string of the molecule is CCOc1ccnc(NCCCCC(=O)O)n1. The first-order valence-electron chi connectivity index (χ1n) is 5.64. The molecule has 94 valence electrons. The van der Waals surface area contributed by atoms with E-state index in [-0.39, 0.29) is 6.42 Å². The number of carboxylic acids is 1. The Morgan fingerprint density at radius 1 is 1.53 bits per heavy atom. The van der Waals surface area contributed by atoms with Gasteiger partial charge in [0.2, 0.25) is 11.8 Å².